The molecular weight excluding hydrogens is 206 g/mol. The molecule has 1 aliphatic rings. The van der Waals surface area contributed by atoms with Gasteiger partial charge in [-0.1, -0.05) is 20.8 Å². The van der Waals surface area contributed by atoms with Crippen molar-refractivity contribution in [3.05, 3.63) is 11.3 Å². The highest BCUT2D eigenvalue weighted by Crippen LogP contribution is 2.31. The molecule has 5 nitrogen and oxygen atoms in total. The van der Waals surface area contributed by atoms with E-state index in [1.165, 1.54) is 0 Å². The van der Waals surface area contributed by atoms with E-state index in [1.807, 2.05) is 20.8 Å². The van der Waals surface area contributed by atoms with Crippen molar-refractivity contribution < 1.29 is 9.90 Å². The molecule has 0 unspecified atom stereocenters. The molecule has 16 heavy (non-hydrogen) atoms. The van der Waals surface area contributed by atoms with Crippen LogP contribution in [-0.2, 0) is 12.0 Å². The van der Waals surface area contributed by atoms with E-state index in [2.05, 4.69) is 10.4 Å². The van der Waals surface area contributed by atoms with Crippen LogP contribution in [0.3, 0.4) is 0 Å². The van der Waals surface area contributed by atoms with Gasteiger partial charge in [0.25, 0.3) is 0 Å². The second-order valence-electron chi connectivity index (χ2n) is 5.13. The highest BCUT2D eigenvalue weighted by molar-refractivity contribution is 5.95. The topological polar surface area (TPSA) is 67.2 Å². The van der Waals surface area contributed by atoms with Crippen LogP contribution < -0.4 is 5.32 Å². The van der Waals surface area contributed by atoms with Crippen molar-refractivity contribution in [3.8, 4) is 0 Å². The zero-order chi connectivity index (χ0) is 11.9. The Labute approximate surface area is 94.5 Å². The van der Waals surface area contributed by atoms with Gasteiger partial charge in [-0.05, 0) is 6.42 Å². The predicted octanol–water partition coefficient (Wildman–Crippen LogP) is 1.69. The molecule has 0 spiro atoms. The summed E-state index contributed by atoms with van der Waals surface area (Å²) in [6, 6.07) is 0. The summed E-state index contributed by atoms with van der Waals surface area (Å²) in [5.74, 6) is -0.246. The van der Waals surface area contributed by atoms with Gasteiger partial charge in [-0.2, -0.15) is 5.10 Å². The third-order valence-electron chi connectivity index (χ3n) is 2.72. The van der Waals surface area contributed by atoms with Crippen LogP contribution in [0.25, 0.3) is 0 Å². The summed E-state index contributed by atoms with van der Waals surface area (Å²) in [7, 11) is 0. The maximum absolute atomic E-state index is 11.3. The Morgan fingerprint density at radius 1 is 1.50 bits per heavy atom. The van der Waals surface area contributed by atoms with Gasteiger partial charge in [0, 0.05) is 18.5 Å². The number of hydrogen-bond donors (Lipinski definition) is 2. The molecule has 2 N–H and O–H groups in total. The molecule has 88 valence electrons. The van der Waals surface area contributed by atoms with Gasteiger partial charge in [0.1, 0.15) is 11.4 Å². The van der Waals surface area contributed by atoms with Crippen molar-refractivity contribution in [2.24, 2.45) is 0 Å². The number of carboxylic acids is 1. The van der Waals surface area contributed by atoms with E-state index < -0.39 is 5.97 Å². The van der Waals surface area contributed by atoms with E-state index in [0.29, 0.717) is 17.1 Å². The zero-order valence-electron chi connectivity index (χ0n) is 9.87. The molecule has 0 atom stereocenters. The number of aromatic carboxylic acids is 1. The van der Waals surface area contributed by atoms with Crippen LogP contribution in [0.4, 0.5) is 5.82 Å². The molecule has 0 aliphatic carbocycles. The first kappa shape index (κ1) is 11.0. The van der Waals surface area contributed by atoms with Gasteiger partial charge in [-0.25, -0.2) is 9.48 Å². The van der Waals surface area contributed by atoms with Crippen LogP contribution in [0, 0.1) is 0 Å². The van der Waals surface area contributed by atoms with E-state index >= 15 is 0 Å². The summed E-state index contributed by atoms with van der Waals surface area (Å²) in [5.41, 5.74) is 0.733. The van der Waals surface area contributed by atoms with Crippen molar-refractivity contribution in [3.63, 3.8) is 0 Å². The number of aryl methyl sites for hydroxylation is 1. The molecule has 2 rings (SSSR count). The van der Waals surface area contributed by atoms with Crippen molar-refractivity contribution in [2.75, 3.05) is 11.9 Å². The first-order chi connectivity index (χ1) is 7.41. The molecule has 0 saturated carbocycles. The molecule has 1 aromatic rings. The number of rotatable bonds is 1. The molecule has 0 saturated heterocycles. The van der Waals surface area contributed by atoms with E-state index in [9.17, 15) is 9.90 Å². The number of carboxylic acid groups (broad SMARTS) is 1. The molecule has 5 heteroatoms. The van der Waals surface area contributed by atoms with Crippen LogP contribution in [0.2, 0.25) is 0 Å². The highest BCUT2D eigenvalue weighted by Gasteiger charge is 2.31. The summed E-state index contributed by atoms with van der Waals surface area (Å²) >= 11 is 0. The van der Waals surface area contributed by atoms with Crippen LogP contribution in [0.15, 0.2) is 0 Å². The second-order valence-corrected chi connectivity index (χ2v) is 5.13. The van der Waals surface area contributed by atoms with Crippen LogP contribution in [0.1, 0.15) is 43.2 Å². The maximum Gasteiger partial charge on any atom is 0.341 e. The molecule has 2 heterocycles. The Balaban J connectivity index is 2.61. The largest absolute Gasteiger partial charge is 0.477 e. The van der Waals surface area contributed by atoms with Crippen molar-refractivity contribution >= 4 is 11.8 Å². The minimum atomic E-state index is -0.902. The zero-order valence-corrected chi connectivity index (χ0v) is 9.87. The highest BCUT2D eigenvalue weighted by atomic mass is 16.4. The fourth-order valence-electron chi connectivity index (χ4n) is 1.97. The van der Waals surface area contributed by atoms with Crippen LogP contribution in [0.5, 0.6) is 0 Å². The minimum Gasteiger partial charge on any atom is -0.477 e. The number of fused-ring (bicyclic) bond motifs is 1. The lowest BCUT2D eigenvalue weighted by molar-refractivity contribution is 0.0695. The number of carbonyl (C=O) groups is 1. The van der Waals surface area contributed by atoms with Gasteiger partial charge in [0.2, 0.25) is 0 Å². The van der Waals surface area contributed by atoms with Gasteiger partial charge < -0.3 is 10.4 Å². The number of nitrogens with zero attached hydrogens (tertiary/aromatic N) is 2. The summed E-state index contributed by atoms with van der Waals surface area (Å²) in [6.45, 7) is 7.55. The lowest BCUT2D eigenvalue weighted by Gasteiger charge is -2.16. The quantitative estimate of drug-likeness (QED) is 0.760. The second kappa shape index (κ2) is 3.50. The first-order valence-corrected chi connectivity index (χ1v) is 5.49. The van der Waals surface area contributed by atoms with Gasteiger partial charge in [-0.15, -0.1) is 0 Å². The Morgan fingerprint density at radius 3 is 2.75 bits per heavy atom. The molecule has 1 aromatic heterocycles. The Bertz CT molecular complexity index is 429. The first-order valence-electron chi connectivity index (χ1n) is 5.49. The fourth-order valence-corrected chi connectivity index (χ4v) is 1.97. The van der Waals surface area contributed by atoms with Gasteiger partial charge in [0.15, 0.2) is 0 Å². The summed E-state index contributed by atoms with van der Waals surface area (Å²) in [4.78, 5) is 11.3. The molecule has 0 fully saturated rings. The Kier molecular flexibility index (Phi) is 2.40. The van der Waals surface area contributed by atoms with Crippen molar-refractivity contribution in [1.29, 1.82) is 0 Å². The van der Waals surface area contributed by atoms with Gasteiger partial charge >= 0.3 is 5.97 Å². The van der Waals surface area contributed by atoms with E-state index in [4.69, 9.17) is 0 Å². The molecule has 0 radical (unpaired) electrons. The fraction of sp³-hybridized carbons (Fsp3) is 0.636. The summed E-state index contributed by atoms with van der Waals surface area (Å²) in [6.07, 6.45) is 0.983. The lowest BCUT2D eigenvalue weighted by atomic mass is 9.89. The third kappa shape index (κ3) is 1.66. The molecule has 1 aliphatic heterocycles. The van der Waals surface area contributed by atoms with Crippen molar-refractivity contribution in [2.45, 2.75) is 39.2 Å². The standard InChI is InChI=1S/C11H17N3O2/c1-11(2,3)8-7(10(15)16)9-12-5-4-6-14(9)13-8/h12H,4-6H2,1-3H3,(H,15,16). The Hall–Kier alpha value is -1.52. The van der Waals surface area contributed by atoms with E-state index in [0.717, 1.165) is 19.5 Å². The maximum atomic E-state index is 11.3. The predicted molar refractivity (Wildman–Crippen MR) is 61.0 cm³/mol. The van der Waals surface area contributed by atoms with Crippen LogP contribution in [-0.4, -0.2) is 27.4 Å². The van der Waals surface area contributed by atoms with Gasteiger partial charge in [0.05, 0.1) is 5.69 Å². The SMILES string of the molecule is CC(C)(C)c1nn2c(c1C(=O)O)NCCC2. The van der Waals surface area contributed by atoms with Crippen LogP contribution >= 0.6 is 0 Å². The minimum absolute atomic E-state index is 0.250. The summed E-state index contributed by atoms with van der Waals surface area (Å²) in [5, 5.41) is 16.8. The smallest absolute Gasteiger partial charge is 0.341 e. The number of hydrogen-bond acceptors (Lipinski definition) is 3. The Morgan fingerprint density at radius 2 is 2.19 bits per heavy atom. The molecule has 0 aromatic carbocycles. The summed E-state index contributed by atoms with van der Waals surface area (Å²) < 4.78 is 1.77. The average molecular weight is 223 g/mol. The molecule has 0 amide bonds. The van der Waals surface area contributed by atoms with E-state index in [1.54, 1.807) is 4.68 Å². The lowest BCUT2D eigenvalue weighted by Crippen LogP contribution is -2.19. The van der Waals surface area contributed by atoms with Crippen molar-refractivity contribution in [1.82, 2.24) is 9.78 Å². The molecular formula is C11H17N3O2. The number of aromatic nitrogens is 2. The normalized spacial score (nSPS) is 15.4. The number of anilines is 1. The number of nitrogens with one attached hydrogen (secondary N) is 1. The monoisotopic (exact) mass is 223 g/mol. The third-order valence-corrected chi connectivity index (χ3v) is 2.72. The molecule has 0 bridgehead atoms. The average Bonchev–Trinajstić information content (AvgIpc) is 2.55. The van der Waals surface area contributed by atoms with E-state index in [-0.39, 0.29) is 5.41 Å². The van der Waals surface area contributed by atoms with Gasteiger partial charge in [-0.3, -0.25) is 0 Å².